The quantitative estimate of drug-likeness (QED) is 0.0805. The van der Waals surface area contributed by atoms with Crippen LogP contribution in [0.3, 0.4) is 0 Å². The van der Waals surface area contributed by atoms with E-state index >= 15 is 0 Å². The lowest BCUT2D eigenvalue weighted by molar-refractivity contribution is -0.144. The molecule has 4 amide bonds. The number of aliphatic imine (C=N–C) groups is 1. The molecule has 0 radical (unpaired) electrons. The molecule has 5 heterocycles. The summed E-state index contributed by atoms with van der Waals surface area (Å²) in [6, 6.07) is 12.6. The summed E-state index contributed by atoms with van der Waals surface area (Å²) < 4.78 is 18.8. The second-order valence-corrected chi connectivity index (χ2v) is 19.6. The first kappa shape index (κ1) is 49.1. The van der Waals surface area contributed by atoms with Crippen LogP contribution in [0.4, 0.5) is 0 Å². The number of rotatable bonds is 18. The summed E-state index contributed by atoms with van der Waals surface area (Å²) in [5, 5.41) is 29.6. The molecule has 1 saturated heterocycles. The van der Waals surface area contributed by atoms with Crippen LogP contribution < -0.4 is 16.0 Å². The molecule has 0 saturated carbocycles. The number of β-amino-alcohol motifs (C(OH)–C–C–N with tert-alkyl or cyclic N) is 1. The number of amides is 4. The Balaban J connectivity index is 0.832. The highest BCUT2D eigenvalue weighted by molar-refractivity contribution is 7.15. The first-order chi connectivity index (χ1) is 32.0. The van der Waals surface area contributed by atoms with Crippen molar-refractivity contribution in [3.8, 4) is 16.3 Å². The Labute approximate surface area is 398 Å². The highest BCUT2D eigenvalue weighted by Gasteiger charge is 2.44. The zero-order chi connectivity index (χ0) is 48.0. The van der Waals surface area contributed by atoms with Crippen molar-refractivity contribution < 1.29 is 38.2 Å². The van der Waals surface area contributed by atoms with E-state index in [0.29, 0.717) is 35.5 Å². The van der Waals surface area contributed by atoms with Gasteiger partial charge in [-0.1, -0.05) is 68.8 Å². The van der Waals surface area contributed by atoms with Crippen LogP contribution in [0.25, 0.3) is 16.3 Å². The van der Waals surface area contributed by atoms with E-state index in [1.54, 1.807) is 11.3 Å². The van der Waals surface area contributed by atoms with E-state index in [4.69, 9.17) is 30.5 Å². The number of carbonyl (C=O) groups excluding carboxylic acids is 4. The minimum atomic E-state index is -0.987. The molecule has 0 unspecified atom stereocenters. The first-order valence-electron chi connectivity index (χ1n) is 22.3. The molecule has 17 nitrogen and oxygen atoms in total. The Morgan fingerprint density at radius 2 is 1.66 bits per heavy atom. The number of aliphatic hydroxyl groups excluding tert-OH is 1. The van der Waals surface area contributed by atoms with Crippen LogP contribution in [0.1, 0.15) is 90.5 Å². The smallest absolute Gasteiger partial charge is 0.246 e. The molecule has 19 heteroatoms. The molecule has 7 rings (SSSR count). The minimum absolute atomic E-state index is 0.0362. The van der Waals surface area contributed by atoms with Gasteiger partial charge in [-0.15, -0.1) is 21.5 Å². The number of thiophene rings is 1. The van der Waals surface area contributed by atoms with Crippen molar-refractivity contribution in [2.75, 3.05) is 39.5 Å². The predicted octanol–water partition coefficient (Wildman–Crippen LogP) is 5.50. The summed E-state index contributed by atoms with van der Waals surface area (Å²) in [4.78, 5) is 65.6. The molecular formula is C48H58ClN9O8S. The average Bonchev–Trinajstić information content (AvgIpc) is 4.06. The zero-order valence-corrected chi connectivity index (χ0v) is 40.4. The maximum atomic E-state index is 14.0. The Kier molecular flexibility index (Phi) is 15.7. The Hall–Kier alpha value is -5.79. The minimum Gasteiger partial charge on any atom is -0.443 e. The summed E-state index contributed by atoms with van der Waals surface area (Å²) in [6.45, 7) is 14.3. The van der Waals surface area contributed by atoms with Crippen LogP contribution in [0.15, 0.2) is 64.3 Å². The topological polar surface area (TPSA) is 215 Å². The van der Waals surface area contributed by atoms with Crippen LogP contribution >= 0.6 is 22.9 Å². The van der Waals surface area contributed by atoms with Crippen molar-refractivity contribution in [3.05, 3.63) is 104 Å². The number of hydrogen-bond donors (Lipinski definition) is 4. The number of ether oxygens (including phenoxy) is 2. The number of aromatic nitrogens is 4. The number of hydrogen-bond acceptors (Lipinski definition) is 13. The predicted molar refractivity (Wildman–Crippen MR) is 253 cm³/mol. The van der Waals surface area contributed by atoms with Gasteiger partial charge in [-0.25, -0.2) is 4.98 Å². The monoisotopic (exact) mass is 955 g/mol. The molecule has 0 aliphatic carbocycles. The van der Waals surface area contributed by atoms with Crippen molar-refractivity contribution in [1.29, 1.82) is 0 Å². The molecule has 1 fully saturated rings. The van der Waals surface area contributed by atoms with Gasteiger partial charge in [0.1, 0.15) is 35.6 Å². The largest absolute Gasteiger partial charge is 0.443 e. The number of carbonyl (C=O) groups is 4. The van der Waals surface area contributed by atoms with Crippen molar-refractivity contribution >= 4 is 52.3 Å². The molecule has 356 valence electrons. The third-order valence-electron chi connectivity index (χ3n) is 11.8. The van der Waals surface area contributed by atoms with E-state index in [1.807, 2.05) is 87.7 Å². The van der Waals surface area contributed by atoms with Gasteiger partial charge >= 0.3 is 0 Å². The third-order valence-corrected chi connectivity index (χ3v) is 13.3. The van der Waals surface area contributed by atoms with Crippen LogP contribution in [-0.2, 0) is 35.2 Å². The number of oxazole rings is 1. The molecule has 67 heavy (non-hydrogen) atoms. The van der Waals surface area contributed by atoms with Crippen LogP contribution in [-0.4, -0.2) is 117 Å². The molecule has 4 atom stereocenters. The fourth-order valence-corrected chi connectivity index (χ4v) is 9.50. The number of nitrogens with zero attached hydrogens (tertiary/aromatic N) is 6. The number of nitrogens with one attached hydrogen (secondary N) is 3. The van der Waals surface area contributed by atoms with Gasteiger partial charge in [0.05, 0.1) is 30.5 Å². The molecule has 0 bridgehead atoms. The molecule has 2 aliphatic heterocycles. The second-order valence-electron chi connectivity index (χ2n) is 17.9. The van der Waals surface area contributed by atoms with E-state index in [9.17, 15) is 24.3 Å². The summed E-state index contributed by atoms with van der Waals surface area (Å²) in [6.07, 6.45) is 1.12. The van der Waals surface area contributed by atoms with Gasteiger partial charge < -0.3 is 39.8 Å². The molecule has 2 aromatic carbocycles. The van der Waals surface area contributed by atoms with Gasteiger partial charge in [-0.05, 0) is 62.8 Å². The molecule has 4 N–H and O–H groups in total. The van der Waals surface area contributed by atoms with Gasteiger partial charge in [0.25, 0.3) is 0 Å². The van der Waals surface area contributed by atoms with E-state index in [0.717, 1.165) is 49.1 Å². The zero-order valence-electron chi connectivity index (χ0n) is 38.9. The lowest BCUT2D eigenvalue weighted by Crippen LogP contribution is -2.58. The van der Waals surface area contributed by atoms with Crippen molar-refractivity contribution in [1.82, 2.24) is 40.6 Å². The fraction of sp³-hybridized carbons (Fsp3) is 0.458. The SMILES string of the molecule is Cc1ncoc1-c1ccc(CNC(=O)[C@@H]2C[C@@H](O)CN2C(=O)[C@@H](NC(=O)COCCCOCCNC(=O)C[C@@H]2N=C(c3ccc(Cl)cc3)c3c(sc(C)c3C)-n3c(C)nnc32)C(C)(C)C)cc1. The van der Waals surface area contributed by atoms with Gasteiger partial charge in [0.15, 0.2) is 18.0 Å². The third kappa shape index (κ3) is 11.7. The fourth-order valence-electron chi connectivity index (χ4n) is 8.16. The van der Waals surface area contributed by atoms with Gasteiger partial charge in [-0.3, -0.25) is 28.7 Å². The van der Waals surface area contributed by atoms with Crippen molar-refractivity contribution in [3.63, 3.8) is 0 Å². The number of benzene rings is 2. The average molecular weight is 957 g/mol. The highest BCUT2D eigenvalue weighted by atomic mass is 35.5. The number of aliphatic hydroxyl groups is 1. The summed E-state index contributed by atoms with van der Waals surface area (Å²) in [5.74, 6) is 0.418. The standard InChI is InChI=1S/C48H58ClN9O8S/c1-27-29(3)67-47-40(27)41(32-13-15-34(49)16-14-32)53-36(44-56-55-30(4)58(44)47)22-38(60)50-17-20-64-18-8-19-65-25-39(61)54-43(48(5,6)7)46(63)57-24-35(59)21-37(57)45(62)51-23-31-9-11-33(12-10-31)42-28(2)52-26-66-42/h9-16,26,35-37,43,59H,8,17-25H2,1-7H3,(H,50,60)(H,51,62)(H,54,61)/t35-,36+,37+,43-/m1/s1. The first-order valence-corrected chi connectivity index (χ1v) is 23.5. The Morgan fingerprint density at radius 3 is 2.36 bits per heavy atom. The summed E-state index contributed by atoms with van der Waals surface area (Å²) in [7, 11) is 0. The second kappa shape index (κ2) is 21.4. The Morgan fingerprint density at radius 1 is 0.940 bits per heavy atom. The maximum absolute atomic E-state index is 14.0. The van der Waals surface area contributed by atoms with E-state index in [1.165, 1.54) is 11.3 Å². The van der Waals surface area contributed by atoms with E-state index in [2.05, 4.69) is 45.0 Å². The van der Waals surface area contributed by atoms with Gasteiger partial charge in [0, 0.05) is 65.9 Å². The van der Waals surface area contributed by atoms with Crippen molar-refractivity contribution in [2.45, 2.75) is 98.5 Å². The molecule has 2 aliphatic rings. The summed E-state index contributed by atoms with van der Waals surface area (Å²) in [5.41, 5.74) is 5.52. The van der Waals surface area contributed by atoms with Crippen LogP contribution in [0, 0.1) is 33.1 Å². The molecule has 0 spiro atoms. The van der Waals surface area contributed by atoms with Gasteiger partial charge in [0.2, 0.25) is 23.6 Å². The normalized spacial score (nSPS) is 17.3. The van der Waals surface area contributed by atoms with E-state index < -0.39 is 47.4 Å². The van der Waals surface area contributed by atoms with Crippen LogP contribution in [0.5, 0.6) is 0 Å². The Bertz CT molecular complexity index is 2600. The molecule has 3 aromatic heterocycles. The van der Waals surface area contributed by atoms with Gasteiger partial charge in [-0.2, -0.15) is 0 Å². The molecular weight excluding hydrogens is 898 g/mol. The lowest BCUT2D eigenvalue weighted by Gasteiger charge is -2.35. The van der Waals surface area contributed by atoms with Crippen LogP contribution in [0.2, 0.25) is 5.02 Å². The number of halogens is 1. The summed E-state index contributed by atoms with van der Waals surface area (Å²) >= 11 is 7.88. The molecule has 5 aromatic rings. The van der Waals surface area contributed by atoms with E-state index in [-0.39, 0.29) is 58.2 Å². The number of fused-ring (bicyclic) bond motifs is 3. The number of likely N-dealkylation sites (tertiary alicyclic amines) is 1. The maximum Gasteiger partial charge on any atom is 0.246 e. The number of aryl methyl sites for hydroxylation is 3. The van der Waals surface area contributed by atoms with Crippen molar-refractivity contribution in [2.24, 2.45) is 10.4 Å². The highest BCUT2D eigenvalue weighted by Crippen LogP contribution is 2.39. The lowest BCUT2D eigenvalue weighted by atomic mass is 9.85.